The second-order valence-electron chi connectivity index (χ2n) is 5.60. The van der Waals surface area contributed by atoms with Gasteiger partial charge in [-0.2, -0.15) is 0 Å². The van der Waals surface area contributed by atoms with Crippen molar-refractivity contribution >= 4 is 5.82 Å². The van der Waals surface area contributed by atoms with Crippen molar-refractivity contribution in [2.45, 2.75) is 25.3 Å². The Morgan fingerprint density at radius 3 is 2.61 bits per heavy atom. The highest BCUT2D eigenvalue weighted by atomic mass is 15.4. The molecule has 1 atom stereocenters. The molecule has 4 aliphatic rings. The predicted octanol–water partition coefficient (Wildman–Crippen LogP) is 0.220. The van der Waals surface area contributed by atoms with Crippen molar-refractivity contribution in [2.75, 3.05) is 38.5 Å². The van der Waals surface area contributed by atoms with Crippen LogP contribution in [0.5, 0.6) is 0 Å². The topological polar surface area (TPSA) is 58.3 Å². The van der Waals surface area contributed by atoms with Crippen LogP contribution >= 0.6 is 0 Å². The van der Waals surface area contributed by atoms with Gasteiger partial charge in [-0.05, 0) is 19.3 Å². The summed E-state index contributed by atoms with van der Waals surface area (Å²) in [6.45, 7) is 5.74. The van der Waals surface area contributed by atoms with Crippen molar-refractivity contribution in [3.05, 3.63) is 17.1 Å². The van der Waals surface area contributed by atoms with Crippen LogP contribution in [0.2, 0.25) is 0 Å². The largest absolute Gasteiger partial charge is 0.383 e. The number of aryl methyl sites for hydroxylation is 1. The molecule has 0 saturated carbocycles. The fraction of sp³-hybridized carbons (Fsp3) is 0.692. The van der Waals surface area contributed by atoms with Crippen LogP contribution in [0.4, 0.5) is 5.82 Å². The number of nitrogens with two attached hydrogens (primary N) is 1. The van der Waals surface area contributed by atoms with Crippen molar-refractivity contribution in [1.82, 2.24) is 19.8 Å². The van der Waals surface area contributed by atoms with Crippen LogP contribution < -0.4 is 5.73 Å². The molecular formula is C13H19N5. The van der Waals surface area contributed by atoms with Gasteiger partial charge in [0.25, 0.3) is 0 Å². The number of hydrogen-bond donors (Lipinski definition) is 1. The van der Waals surface area contributed by atoms with Crippen molar-refractivity contribution in [3.63, 3.8) is 0 Å². The number of fused-ring (bicyclic) bond motifs is 4. The first-order chi connectivity index (χ1) is 8.81. The smallest absolute Gasteiger partial charge is 0.149 e. The van der Waals surface area contributed by atoms with Gasteiger partial charge in [0.2, 0.25) is 0 Å². The average Bonchev–Trinajstić information content (AvgIpc) is 2.89. The second kappa shape index (κ2) is 3.90. The summed E-state index contributed by atoms with van der Waals surface area (Å²) >= 11 is 0. The highest BCUT2D eigenvalue weighted by Gasteiger charge is 2.35. The molecule has 5 rings (SSSR count). The summed E-state index contributed by atoms with van der Waals surface area (Å²) in [5.41, 5.74) is 8.50. The highest BCUT2D eigenvalue weighted by molar-refractivity contribution is 5.45. The minimum absolute atomic E-state index is 0.362. The zero-order valence-electron chi connectivity index (χ0n) is 10.6. The molecular weight excluding hydrogens is 226 g/mol. The Labute approximate surface area is 107 Å². The number of piperazine rings is 3. The lowest BCUT2D eigenvalue weighted by Gasteiger charge is -2.46. The Morgan fingerprint density at radius 2 is 1.89 bits per heavy atom. The Balaban J connectivity index is 1.71. The second-order valence-corrected chi connectivity index (χ2v) is 5.60. The van der Waals surface area contributed by atoms with E-state index in [0.29, 0.717) is 6.04 Å². The Morgan fingerprint density at radius 1 is 1.06 bits per heavy atom. The minimum Gasteiger partial charge on any atom is -0.383 e. The van der Waals surface area contributed by atoms with Crippen LogP contribution in [0.1, 0.15) is 29.5 Å². The van der Waals surface area contributed by atoms with Crippen LogP contribution in [0.15, 0.2) is 0 Å². The Hall–Kier alpha value is -1.20. The fourth-order valence-corrected chi connectivity index (χ4v) is 3.49. The van der Waals surface area contributed by atoms with Crippen LogP contribution in [0.25, 0.3) is 0 Å². The first-order valence-corrected chi connectivity index (χ1v) is 6.93. The number of nitrogen functional groups attached to an aromatic ring is 1. The van der Waals surface area contributed by atoms with E-state index in [0.717, 1.165) is 44.1 Å². The van der Waals surface area contributed by atoms with Gasteiger partial charge in [0.05, 0.1) is 6.04 Å². The Bertz CT molecular complexity index is 479. The first-order valence-electron chi connectivity index (χ1n) is 6.93. The van der Waals surface area contributed by atoms with E-state index in [9.17, 15) is 0 Å². The molecule has 1 aromatic heterocycles. The third-order valence-corrected chi connectivity index (χ3v) is 4.56. The van der Waals surface area contributed by atoms with Gasteiger partial charge in [0.1, 0.15) is 11.6 Å². The molecule has 0 amide bonds. The zero-order valence-corrected chi connectivity index (χ0v) is 10.6. The van der Waals surface area contributed by atoms with Crippen LogP contribution in [0.3, 0.4) is 0 Å². The maximum absolute atomic E-state index is 6.09. The van der Waals surface area contributed by atoms with Gasteiger partial charge in [-0.1, -0.05) is 0 Å². The summed E-state index contributed by atoms with van der Waals surface area (Å²) in [7, 11) is 0. The number of nitrogens with zero attached hydrogens (tertiary/aromatic N) is 4. The molecule has 3 aliphatic heterocycles. The van der Waals surface area contributed by atoms with Crippen LogP contribution in [0, 0.1) is 0 Å². The van der Waals surface area contributed by atoms with Crippen molar-refractivity contribution in [3.8, 4) is 0 Å². The molecule has 3 fully saturated rings. The summed E-state index contributed by atoms with van der Waals surface area (Å²) in [5.74, 6) is 1.68. The molecule has 1 unspecified atom stereocenters. The summed E-state index contributed by atoms with van der Waals surface area (Å²) in [5, 5.41) is 0. The summed E-state index contributed by atoms with van der Waals surface area (Å²) in [6, 6.07) is 0.362. The molecule has 5 heteroatoms. The predicted molar refractivity (Wildman–Crippen MR) is 69.2 cm³/mol. The van der Waals surface area contributed by atoms with E-state index >= 15 is 0 Å². The van der Waals surface area contributed by atoms with Crippen molar-refractivity contribution in [2.24, 2.45) is 0 Å². The fourth-order valence-electron chi connectivity index (χ4n) is 3.49. The zero-order chi connectivity index (χ0) is 12.1. The van der Waals surface area contributed by atoms with Crippen LogP contribution in [-0.4, -0.2) is 52.5 Å². The molecule has 3 saturated heterocycles. The van der Waals surface area contributed by atoms with Gasteiger partial charge in [-0.15, -0.1) is 0 Å². The van der Waals surface area contributed by atoms with E-state index in [2.05, 4.69) is 14.8 Å². The molecule has 0 aromatic carbocycles. The first kappa shape index (κ1) is 10.7. The third-order valence-electron chi connectivity index (χ3n) is 4.56. The maximum atomic E-state index is 6.09. The molecule has 4 heterocycles. The van der Waals surface area contributed by atoms with E-state index in [1.807, 2.05) is 0 Å². The number of hydrogen-bond acceptors (Lipinski definition) is 5. The summed E-state index contributed by atoms with van der Waals surface area (Å²) in [4.78, 5) is 14.4. The molecule has 18 heavy (non-hydrogen) atoms. The van der Waals surface area contributed by atoms with Crippen molar-refractivity contribution in [1.29, 1.82) is 0 Å². The van der Waals surface area contributed by atoms with E-state index in [-0.39, 0.29) is 0 Å². The van der Waals surface area contributed by atoms with E-state index in [1.54, 1.807) is 0 Å². The molecule has 2 N–H and O–H groups in total. The van der Waals surface area contributed by atoms with Gasteiger partial charge in [0, 0.05) is 44.0 Å². The quantitative estimate of drug-likeness (QED) is 0.767. The lowest BCUT2D eigenvalue weighted by Crippen LogP contribution is -2.57. The molecule has 0 radical (unpaired) electrons. The van der Waals surface area contributed by atoms with Gasteiger partial charge in [-0.3, -0.25) is 9.80 Å². The molecule has 5 nitrogen and oxygen atoms in total. The monoisotopic (exact) mass is 245 g/mol. The molecule has 2 bridgehead atoms. The molecule has 1 aromatic rings. The number of anilines is 1. The van der Waals surface area contributed by atoms with Gasteiger partial charge < -0.3 is 5.73 Å². The highest BCUT2D eigenvalue weighted by Crippen LogP contribution is 2.30. The Kier molecular flexibility index (Phi) is 2.32. The van der Waals surface area contributed by atoms with Gasteiger partial charge >= 0.3 is 0 Å². The van der Waals surface area contributed by atoms with E-state index in [1.165, 1.54) is 30.8 Å². The average molecular weight is 245 g/mol. The van der Waals surface area contributed by atoms with Gasteiger partial charge in [-0.25, -0.2) is 9.97 Å². The number of aromatic nitrogens is 2. The SMILES string of the molecule is Nc1nc(C2CN3CCN2CC3)nc2c1CCC2. The standard InChI is InChI=1S/C13H19N5/c14-12-9-2-1-3-10(9)15-13(16-12)11-8-17-4-6-18(11)7-5-17/h11H,1-8H2,(H2,14,15,16). The minimum atomic E-state index is 0.362. The lowest BCUT2D eigenvalue weighted by atomic mass is 10.1. The third kappa shape index (κ3) is 1.54. The maximum Gasteiger partial charge on any atom is 0.149 e. The molecule has 1 aliphatic carbocycles. The van der Waals surface area contributed by atoms with Gasteiger partial charge in [0.15, 0.2) is 0 Å². The van der Waals surface area contributed by atoms with E-state index < -0.39 is 0 Å². The summed E-state index contributed by atoms with van der Waals surface area (Å²) in [6.07, 6.45) is 3.31. The van der Waals surface area contributed by atoms with Crippen LogP contribution in [-0.2, 0) is 12.8 Å². The normalized spacial score (nSPS) is 33.7. The van der Waals surface area contributed by atoms with E-state index in [4.69, 9.17) is 10.7 Å². The molecule has 96 valence electrons. The lowest BCUT2D eigenvalue weighted by molar-refractivity contribution is 0.00863. The summed E-state index contributed by atoms with van der Waals surface area (Å²) < 4.78 is 0. The number of rotatable bonds is 1. The molecule has 0 spiro atoms. The van der Waals surface area contributed by atoms with Crippen molar-refractivity contribution < 1.29 is 0 Å².